The van der Waals surface area contributed by atoms with E-state index in [9.17, 15) is 0 Å². The number of hydrogen-bond acceptors (Lipinski definition) is 2. The summed E-state index contributed by atoms with van der Waals surface area (Å²) in [6.45, 7) is 0.804. The average Bonchev–Trinajstić information content (AvgIpc) is 2.33. The first-order valence-electron chi connectivity index (χ1n) is 3.23. The molecule has 1 aliphatic heterocycles. The molecule has 3 heteroatoms. The molecule has 1 aliphatic rings. The molecular weight excluding hydrogens is 123 g/mol. The number of hydrogen-bond donors (Lipinski definition) is 2. The maximum Gasteiger partial charge on any atom is 0.113 e. The zero-order chi connectivity index (χ0) is 6.97. The van der Waals surface area contributed by atoms with Gasteiger partial charge in [-0.15, -0.1) is 0 Å². The van der Waals surface area contributed by atoms with Gasteiger partial charge in [-0.3, -0.25) is 0 Å². The Morgan fingerprint density at radius 2 is 2.00 bits per heavy atom. The van der Waals surface area contributed by atoms with Crippen molar-refractivity contribution in [1.29, 1.82) is 0 Å². The largest absolute Gasteiger partial charge is 0.366 e. The number of anilines is 2. The number of benzene rings is 1. The molecule has 2 nitrogen and oxygen atoms in total. The van der Waals surface area contributed by atoms with Crippen LogP contribution in [0, 0.1) is 0 Å². The van der Waals surface area contributed by atoms with Gasteiger partial charge in [0.1, 0.15) is 7.85 Å². The second-order valence-corrected chi connectivity index (χ2v) is 2.34. The Balaban J connectivity index is 2.52. The van der Waals surface area contributed by atoms with Crippen molar-refractivity contribution in [3.05, 3.63) is 18.2 Å². The summed E-state index contributed by atoms with van der Waals surface area (Å²) < 4.78 is 0. The molecule has 2 rings (SSSR count). The summed E-state index contributed by atoms with van der Waals surface area (Å²) >= 11 is 0. The summed E-state index contributed by atoms with van der Waals surface area (Å²) in [5.74, 6) is 0. The van der Waals surface area contributed by atoms with Gasteiger partial charge in [0.15, 0.2) is 0 Å². The molecule has 1 aromatic rings. The number of fused-ring (bicyclic) bond motifs is 1. The molecule has 2 N–H and O–H groups in total. The first-order chi connectivity index (χ1) is 4.86. The van der Waals surface area contributed by atoms with Crippen LogP contribution in [0.25, 0.3) is 0 Å². The van der Waals surface area contributed by atoms with E-state index in [-0.39, 0.29) is 0 Å². The predicted molar refractivity (Wildman–Crippen MR) is 43.9 cm³/mol. The van der Waals surface area contributed by atoms with Crippen LogP contribution in [0.1, 0.15) is 0 Å². The van der Waals surface area contributed by atoms with E-state index in [0.29, 0.717) is 0 Å². The number of nitrogens with one attached hydrogen (secondary N) is 2. The minimum atomic E-state index is 0.801. The zero-order valence-corrected chi connectivity index (χ0v) is 5.52. The molecule has 0 unspecified atom stereocenters. The highest BCUT2D eigenvalue weighted by Gasteiger charge is 2.06. The predicted octanol–water partition coefficient (Wildman–Crippen LogP) is 0.275. The molecule has 10 heavy (non-hydrogen) atoms. The smallest absolute Gasteiger partial charge is 0.113 e. The van der Waals surface area contributed by atoms with Gasteiger partial charge < -0.3 is 10.6 Å². The van der Waals surface area contributed by atoms with E-state index >= 15 is 0 Å². The lowest BCUT2D eigenvalue weighted by atomic mass is 9.95. The van der Waals surface area contributed by atoms with Crippen molar-refractivity contribution in [2.24, 2.45) is 0 Å². The van der Waals surface area contributed by atoms with Gasteiger partial charge >= 0.3 is 0 Å². The second-order valence-electron chi connectivity index (χ2n) is 2.34. The van der Waals surface area contributed by atoms with Crippen molar-refractivity contribution in [3.63, 3.8) is 0 Å². The summed E-state index contributed by atoms with van der Waals surface area (Å²) in [6, 6.07) is 5.79. The third-order valence-corrected chi connectivity index (χ3v) is 1.60. The molecule has 0 saturated heterocycles. The van der Waals surface area contributed by atoms with Crippen LogP contribution in [-0.2, 0) is 0 Å². The molecule has 0 atom stereocenters. The van der Waals surface area contributed by atoms with Crippen LogP contribution in [-0.4, -0.2) is 14.5 Å². The Labute approximate surface area is 61.0 Å². The summed E-state index contributed by atoms with van der Waals surface area (Å²) in [5.41, 5.74) is 3.03. The SMILES string of the molecule is [B]c1ccc2c(c1)NCN2. The van der Waals surface area contributed by atoms with Crippen LogP contribution in [0.15, 0.2) is 18.2 Å². The summed E-state index contributed by atoms with van der Waals surface area (Å²) in [6.07, 6.45) is 0. The fourth-order valence-electron chi connectivity index (χ4n) is 1.10. The van der Waals surface area contributed by atoms with E-state index in [2.05, 4.69) is 10.6 Å². The first kappa shape index (κ1) is 5.65. The highest BCUT2D eigenvalue weighted by molar-refractivity contribution is 6.32. The van der Waals surface area contributed by atoms with Gasteiger partial charge in [0.05, 0.1) is 18.0 Å². The van der Waals surface area contributed by atoms with E-state index < -0.39 is 0 Å². The average molecular weight is 130 g/mol. The fraction of sp³-hybridized carbons (Fsp3) is 0.143. The maximum atomic E-state index is 5.56. The van der Waals surface area contributed by atoms with Crippen LogP contribution < -0.4 is 16.1 Å². The minimum absolute atomic E-state index is 0.801. The van der Waals surface area contributed by atoms with E-state index in [1.165, 1.54) is 0 Å². The van der Waals surface area contributed by atoms with Crippen molar-refractivity contribution < 1.29 is 0 Å². The lowest BCUT2D eigenvalue weighted by Crippen LogP contribution is -2.01. The standard InChI is InChI=1S/C7H7BN2/c8-5-1-2-6-7(3-5)10-4-9-6/h1-3,9-10H,4H2. The quantitative estimate of drug-likeness (QED) is 0.492. The Hall–Kier alpha value is -1.12. The Kier molecular flexibility index (Phi) is 1.10. The van der Waals surface area contributed by atoms with Crippen LogP contribution >= 0.6 is 0 Å². The lowest BCUT2D eigenvalue weighted by Gasteiger charge is -1.98. The monoisotopic (exact) mass is 130 g/mol. The molecule has 0 fully saturated rings. The van der Waals surface area contributed by atoms with Gasteiger partial charge in [-0.1, -0.05) is 11.5 Å². The van der Waals surface area contributed by atoms with Gasteiger partial charge in [-0.05, 0) is 12.1 Å². The molecule has 2 radical (unpaired) electrons. The fourth-order valence-corrected chi connectivity index (χ4v) is 1.10. The molecule has 0 saturated carbocycles. The highest BCUT2D eigenvalue weighted by Crippen LogP contribution is 2.23. The molecule has 0 spiro atoms. The molecule has 0 aliphatic carbocycles. The van der Waals surface area contributed by atoms with Gasteiger partial charge in [0, 0.05) is 0 Å². The van der Waals surface area contributed by atoms with Crippen molar-refractivity contribution in [3.8, 4) is 0 Å². The second kappa shape index (κ2) is 1.94. The van der Waals surface area contributed by atoms with Crippen molar-refractivity contribution >= 4 is 24.7 Å². The lowest BCUT2D eigenvalue weighted by molar-refractivity contribution is 1.31. The molecule has 48 valence electrons. The Morgan fingerprint density at radius 1 is 1.20 bits per heavy atom. The summed E-state index contributed by atoms with van der Waals surface area (Å²) in [4.78, 5) is 0. The van der Waals surface area contributed by atoms with E-state index in [1.54, 1.807) is 0 Å². The van der Waals surface area contributed by atoms with Crippen LogP contribution in [0.3, 0.4) is 0 Å². The van der Waals surface area contributed by atoms with Crippen molar-refractivity contribution in [2.45, 2.75) is 0 Å². The molecule has 0 aromatic heterocycles. The van der Waals surface area contributed by atoms with Crippen LogP contribution in [0.2, 0.25) is 0 Å². The van der Waals surface area contributed by atoms with E-state index in [4.69, 9.17) is 7.85 Å². The summed E-state index contributed by atoms with van der Waals surface area (Å²) in [5, 5.41) is 6.31. The van der Waals surface area contributed by atoms with E-state index in [0.717, 1.165) is 23.5 Å². The van der Waals surface area contributed by atoms with Crippen LogP contribution in [0.5, 0.6) is 0 Å². The van der Waals surface area contributed by atoms with E-state index in [1.807, 2.05) is 18.2 Å². The maximum absolute atomic E-state index is 5.56. The molecule has 0 amide bonds. The van der Waals surface area contributed by atoms with Crippen molar-refractivity contribution in [2.75, 3.05) is 17.3 Å². The topological polar surface area (TPSA) is 24.1 Å². The molecule has 1 aromatic carbocycles. The third-order valence-electron chi connectivity index (χ3n) is 1.60. The van der Waals surface area contributed by atoms with Gasteiger partial charge in [0.25, 0.3) is 0 Å². The highest BCUT2D eigenvalue weighted by atomic mass is 15.1. The van der Waals surface area contributed by atoms with Crippen molar-refractivity contribution in [1.82, 2.24) is 0 Å². The Bertz CT molecular complexity index is 260. The van der Waals surface area contributed by atoms with Crippen LogP contribution in [0.4, 0.5) is 11.4 Å². The van der Waals surface area contributed by atoms with Gasteiger partial charge in [-0.25, -0.2) is 0 Å². The third kappa shape index (κ3) is 0.745. The van der Waals surface area contributed by atoms with Gasteiger partial charge in [0.2, 0.25) is 0 Å². The normalized spacial score (nSPS) is 13.6. The first-order valence-corrected chi connectivity index (χ1v) is 3.23. The molecule has 1 heterocycles. The minimum Gasteiger partial charge on any atom is -0.366 e. The molecule has 0 bridgehead atoms. The zero-order valence-electron chi connectivity index (χ0n) is 5.52. The molecular formula is C7H7BN2. The van der Waals surface area contributed by atoms with Gasteiger partial charge in [-0.2, -0.15) is 0 Å². The Morgan fingerprint density at radius 3 is 2.90 bits per heavy atom. The number of rotatable bonds is 0. The summed E-state index contributed by atoms with van der Waals surface area (Å²) in [7, 11) is 5.56.